The average molecular weight is 234 g/mol. The van der Waals surface area contributed by atoms with Crippen molar-refractivity contribution in [3.63, 3.8) is 0 Å². The van der Waals surface area contributed by atoms with Crippen molar-refractivity contribution < 1.29 is 9.18 Å². The Labute approximate surface area is 100 Å². The first-order chi connectivity index (χ1) is 8.22. The summed E-state index contributed by atoms with van der Waals surface area (Å²) in [6.45, 7) is 2.63. The molecule has 4 heteroatoms. The van der Waals surface area contributed by atoms with E-state index >= 15 is 0 Å². The molecule has 0 saturated heterocycles. The van der Waals surface area contributed by atoms with E-state index in [1.54, 1.807) is 19.1 Å². The molecule has 0 unspecified atom stereocenters. The molecular weight excluding hydrogens is 219 g/mol. The van der Waals surface area contributed by atoms with Crippen LogP contribution in [0.25, 0.3) is 0 Å². The summed E-state index contributed by atoms with van der Waals surface area (Å²) in [5.41, 5.74) is 0.463. The third kappa shape index (κ3) is 5.69. The lowest BCUT2D eigenvalue weighted by atomic mass is 10.3. The molecule has 0 aromatic heterocycles. The van der Waals surface area contributed by atoms with E-state index in [2.05, 4.69) is 22.5 Å². The van der Waals surface area contributed by atoms with Crippen molar-refractivity contribution in [1.82, 2.24) is 5.32 Å². The third-order valence-corrected chi connectivity index (χ3v) is 2.00. The van der Waals surface area contributed by atoms with Gasteiger partial charge in [-0.3, -0.25) is 4.79 Å². The van der Waals surface area contributed by atoms with E-state index in [-0.39, 0.29) is 18.3 Å². The van der Waals surface area contributed by atoms with Crippen LogP contribution in [-0.4, -0.2) is 19.0 Å². The molecule has 0 radical (unpaired) electrons. The second kappa shape index (κ2) is 7.42. The van der Waals surface area contributed by atoms with E-state index in [1.165, 1.54) is 12.1 Å². The average Bonchev–Trinajstić information content (AvgIpc) is 2.29. The van der Waals surface area contributed by atoms with Gasteiger partial charge in [0.25, 0.3) is 0 Å². The lowest BCUT2D eigenvalue weighted by Gasteiger charge is -2.05. The first kappa shape index (κ1) is 13.2. The molecular formula is C13H15FN2O. The second-order valence-corrected chi connectivity index (χ2v) is 3.41. The predicted molar refractivity (Wildman–Crippen MR) is 66.0 cm³/mol. The van der Waals surface area contributed by atoms with Gasteiger partial charge in [0.15, 0.2) is 0 Å². The highest BCUT2D eigenvalue weighted by Crippen LogP contribution is 2.08. The second-order valence-electron chi connectivity index (χ2n) is 3.41. The molecule has 1 aromatic rings. The van der Waals surface area contributed by atoms with Crippen LogP contribution in [0.5, 0.6) is 0 Å². The van der Waals surface area contributed by atoms with E-state index in [1.807, 2.05) is 0 Å². The summed E-state index contributed by atoms with van der Waals surface area (Å²) < 4.78 is 12.8. The maximum absolute atomic E-state index is 12.8. The molecule has 3 nitrogen and oxygen atoms in total. The minimum absolute atomic E-state index is 0.194. The fourth-order valence-corrected chi connectivity index (χ4v) is 1.25. The Morgan fingerprint density at radius 3 is 3.00 bits per heavy atom. The highest BCUT2D eigenvalue weighted by molar-refractivity contribution is 5.92. The highest BCUT2D eigenvalue weighted by Gasteiger charge is 2.01. The van der Waals surface area contributed by atoms with Crippen LogP contribution >= 0.6 is 0 Å². The molecule has 1 aromatic carbocycles. The largest absolute Gasteiger partial charge is 0.325 e. The maximum Gasteiger partial charge on any atom is 0.238 e. The van der Waals surface area contributed by atoms with Gasteiger partial charge >= 0.3 is 0 Å². The van der Waals surface area contributed by atoms with Crippen LogP contribution in [0.3, 0.4) is 0 Å². The molecule has 2 N–H and O–H groups in total. The summed E-state index contributed by atoms with van der Waals surface area (Å²) in [6, 6.07) is 5.80. The Kier molecular flexibility index (Phi) is 5.76. The van der Waals surface area contributed by atoms with Gasteiger partial charge in [-0.15, -0.1) is 11.8 Å². The van der Waals surface area contributed by atoms with Crippen molar-refractivity contribution in [3.8, 4) is 11.8 Å². The molecule has 0 aliphatic rings. The number of benzene rings is 1. The lowest BCUT2D eigenvalue weighted by molar-refractivity contribution is -0.115. The fraction of sp³-hybridized carbons (Fsp3) is 0.308. The molecule has 17 heavy (non-hydrogen) atoms. The molecule has 90 valence electrons. The minimum atomic E-state index is -0.367. The van der Waals surface area contributed by atoms with Gasteiger partial charge in [-0.05, 0) is 25.1 Å². The summed E-state index contributed by atoms with van der Waals surface area (Å²) in [5, 5.41) is 5.54. The Morgan fingerprint density at radius 2 is 2.29 bits per heavy atom. The number of carbonyl (C=O) groups excluding carboxylic acids is 1. The van der Waals surface area contributed by atoms with Gasteiger partial charge in [-0.1, -0.05) is 6.07 Å². The lowest BCUT2D eigenvalue weighted by Crippen LogP contribution is -2.28. The molecule has 0 aliphatic heterocycles. The van der Waals surface area contributed by atoms with Crippen LogP contribution in [0.4, 0.5) is 10.1 Å². The number of halogens is 1. The van der Waals surface area contributed by atoms with E-state index in [9.17, 15) is 9.18 Å². The molecule has 0 spiro atoms. The van der Waals surface area contributed by atoms with Gasteiger partial charge in [-0.2, -0.15) is 0 Å². The van der Waals surface area contributed by atoms with Gasteiger partial charge in [0.1, 0.15) is 5.82 Å². The number of hydrogen-bond donors (Lipinski definition) is 2. The van der Waals surface area contributed by atoms with Gasteiger partial charge in [0, 0.05) is 18.7 Å². The van der Waals surface area contributed by atoms with Crippen molar-refractivity contribution in [2.24, 2.45) is 0 Å². The van der Waals surface area contributed by atoms with Crippen LogP contribution in [0, 0.1) is 17.7 Å². The molecule has 0 bridgehead atoms. The van der Waals surface area contributed by atoms with Crippen LogP contribution in [0.1, 0.15) is 13.3 Å². The van der Waals surface area contributed by atoms with Crippen molar-refractivity contribution >= 4 is 11.6 Å². The highest BCUT2D eigenvalue weighted by atomic mass is 19.1. The number of carbonyl (C=O) groups is 1. The topological polar surface area (TPSA) is 41.1 Å². The Balaban J connectivity index is 2.27. The fourth-order valence-electron chi connectivity index (χ4n) is 1.25. The zero-order chi connectivity index (χ0) is 12.5. The van der Waals surface area contributed by atoms with E-state index in [0.29, 0.717) is 18.7 Å². The van der Waals surface area contributed by atoms with E-state index in [0.717, 1.165) is 0 Å². The molecule has 0 saturated carbocycles. The Bertz CT molecular complexity index is 435. The number of hydrogen-bond acceptors (Lipinski definition) is 2. The molecule has 0 aliphatic carbocycles. The third-order valence-electron chi connectivity index (χ3n) is 2.00. The summed E-state index contributed by atoms with van der Waals surface area (Å²) >= 11 is 0. The minimum Gasteiger partial charge on any atom is -0.325 e. The number of rotatable bonds is 5. The van der Waals surface area contributed by atoms with Crippen LogP contribution in [-0.2, 0) is 4.79 Å². The standard InChI is InChI=1S/C13H15FN2O/c1-2-3-4-8-15-10-13(17)16-12-7-5-6-11(14)9-12/h5-7,9,15H,4,8,10H2,1H3,(H,16,17). The molecule has 1 amide bonds. The molecule has 0 atom stereocenters. The number of anilines is 1. The zero-order valence-corrected chi connectivity index (χ0v) is 9.72. The monoisotopic (exact) mass is 234 g/mol. The normalized spacial score (nSPS) is 9.29. The van der Waals surface area contributed by atoms with E-state index < -0.39 is 0 Å². The van der Waals surface area contributed by atoms with Crippen LogP contribution in [0.15, 0.2) is 24.3 Å². The van der Waals surface area contributed by atoms with Crippen LogP contribution < -0.4 is 10.6 Å². The van der Waals surface area contributed by atoms with E-state index in [4.69, 9.17) is 0 Å². The molecule has 1 rings (SSSR count). The molecule has 0 fully saturated rings. The predicted octanol–water partition coefficient (Wildman–Crippen LogP) is 1.77. The van der Waals surface area contributed by atoms with Gasteiger partial charge in [-0.25, -0.2) is 4.39 Å². The summed E-state index contributed by atoms with van der Waals surface area (Å²) in [5.74, 6) is 5.09. The maximum atomic E-state index is 12.8. The van der Waals surface area contributed by atoms with Crippen molar-refractivity contribution in [3.05, 3.63) is 30.1 Å². The summed E-state index contributed by atoms with van der Waals surface area (Å²) in [4.78, 5) is 11.4. The van der Waals surface area contributed by atoms with Gasteiger partial charge in [0.2, 0.25) is 5.91 Å². The summed E-state index contributed by atoms with van der Waals surface area (Å²) in [7, 11) is 0. The van der Waals surface area contributed by atoms with Gasteiger partial charge in [0.05, 0.1) is 6.54 Å². The smallest absolute Gasteiger partial charge is 0.238 e. The Hall–Kier alpha value is -1.86. The first-order valence-electron chi connectivity index (χ1n) is 5.38. The SMILES string of the molecule is CC#CCCNCC(=O)Nc1cccc(F)c1. The molecule has 0 heterocycles. The zero-order valence-electron chi connectivity index (χ0n) is 9.72. The quantitative estimate of drug-likeness (QED) is 0.602. The van der Waals surface area contributed by atoms with Crippen molar-refractivity contribution in [1.29, 1.82) is 0 Å². The van der Waals surface area contributed by atoms with Crippen molar-refractivity contribution in [2.75, 3.05) is 18.4 Å². The first-order valence-corrected chi connectivity index (χ1v) is 5.38. The Morgan fingerprint density at radius 1 is 1.47 bits per heavy atom. The van der Waals surface area contributed by atoms with Gasteiger partial charge < -0.3 is 10.6 Å². The van der Waals surface area contributed by atoms with Crippen molar-refractivity contribution in [2.45, 2.75) is 13.3 Å². The summed E-state index contributed by atoms with van der Waals surface area (Å²) in [6.07, 6.45) is 0.712. The number of nitrogens with one attached hydrogen (secondary N) is 2. The number of amides is 1. The van der Waals surface area contributed by atoms with Crippen LogP contribution in [0.2, 0.25) is 0 Å².